The molecule has 0 aliphatic heterocycles. The van der Waals surface area contributed by atoms with Gasteiger partial charge in [0.15, 0.2) is 0 Å². The van der Waals surface area contributed by atoms with Gasteiger partial charge in [-0.05, 0) is 50.3 Å². The van der Waals surface area contributed by atoms with Crippen LogP contribution in [0.3, 0.4) is 0 Å². The quantitative estimate of drug-likeness (QED) is 0.782. The van der Waals surface area contributed by atoms with Gasteiger partial charge < -0.3 is 19.5 Å². The first-order valence-corrected chi connectivity index (χ1v) is 7.74. The van der Waals surface area contributed by atoms with Crippen molar-refractivity contribution in [2.24, 2.45) is 0 Å². The summed E-state index contributed by atoms with van der Waals surface area (Å²) >= 11 is 0. The second-order valence-electron chi connectivity index (χ2n) is 5.71. The molecule has 1 aliphatic carbocycles. The standard InChI is InChI=1S/C17H27NO3/c1-13-7-8-16(17(11-13)21-10-9-19-2)18-14-5-4-6-15(12-14)20-3/h7-8,11,14-15,18H,4-6,9-10,12H2,1-3H3. The highest BCUT2D eigenvalue weighted by Gasteiger charge is 2.22. The van der Waals surface area contributed by atoms with Gasteiger partial charge in [0.1, 0.15) is 12.4 Å². The normalized spacial score (nSPS) is 22.0. The summed E-state index contributed by atoms with van der Waals surface area (Å²) < 4.78 is 16.4. The molecule has 0 spiro atoms. The maximum atomic E-state index is 5.83. The third-order valence-corrected chi connectivity index (χ3v) is 4.00. The lowest BCUT2D eigenvalue weighted by Gasteiger charge is -2.30. The fraction of sp³-hybridized carbons (Fsp3) is 0.647. The van der Waals surface area contributed by atoms with Crippen molar-refractivity contribution in [2.45, 2.75) is 44.8 Å². The van der Waals surface area contributed by atoms with Crippen LogP contribution in [0.25, 0.3) is 0 Å². The topological polar surface area (TPSA) is 39.7 Å². The van der Waals surface area contributed by atoms with E-state index in [4.69, 9.17) is 14.2 Å². The highest BCUT2D eigenvalue weighted by molar-refractivity contribution is 5.58. The van der Waals surface area contributed by atoms with Crippen LogP contribution in [-0.2, 0) is 9.47 Å². The Morgan fingerprint density at radius 1 is 1.19 bits per heavy atom. The number of nitrogens with one attached hydrogen (secondary N) is 1. The molecule has 0 aromatic heterocycles. The van der Waals surface area contributed by atoms with E-state index in [-0.39, 0.29) is 0 Å². The lowest BCUT2D eigenvalue weighted by Crippen LogP contribution is -2.31. The van der Waals surface area contributed by atoms with Gasteiger partial charge in [-0.25, -0.2) is 0 Å². The van der Waals surface area contributed by atoms with Crippen LogP contribution in [0.4, 0.5) is 5.69 Å². The van der Waals surface area contributed by atoms with Gasteiger partial charge in [0.2, 0.25) is 0 Å². The minimum absolute atomic E-state index is 0.375. The third-order valence-electron chi connectivity index (χ3n) is 4.00. The number of methoxy groups -OCH3 is 2. The number of aryl methyl sites for hydroxylation is 1. The smallest absolute Gasteiger partial charge is 0.142 e. The first kappa shape index (κ1) is 16.1. The molecule has 118 valence electrons. The Kier molecular flexibility index (Phi) is 6.33. The van der Waals surface area contributed by atoms with Crippen molar-refractivity contribution >= 4 is 5.69 Å². The minimum atomic E-state index is 0.375. The molecule has 0 heterocycles. The molecule has 2 rings (SSSR count). The molecule has 0 bridgehead atoms. The summed E-state index contributed by atoms with van der Waals surface area (Å²) in [4.78, 5) is 0. The molecule has 1 aromatic rings. The molecule has 1 saturated carbocycles. The van der Waals surface area contributed by atoms with E-state index in [0.717, 1.165) is 17.9 Å². The molecular formula is C17H27NO3. The van der Waals surface area contributed by atoms with Crippen LogP contribution in [0.5, 0.6) is 5.75 Å². The molecule has 2 atom stereocenters. The predicted octanol–water partition coefficient (Wildman–Crippen LogP) is 3.39. The van der Waals surface area contributed by atoms with E-state index >= 15 is 0 Å². The average Bonchev–Trinajstić information content (AvgIpc) is 2.50. The first-order chi connectivity index (χ1) is 10.2. The molecule has 0 amide bonds. The van der Waals surface area contributed by atoms with Crippen LogP contribution in [0, 0.1) is 6.92 Å². The van der Waals surface area contributed by atoms with Crippen molar-refractivity contribution < 1.29 is 14.2 Å². The number of rotatable bonds is 7. The zero-order valence-electron chi connectivity index (χ0n) is 13.4. The first-order valence-electron chi connectivity index (χ1n) is 7.74. The summed E-state index contributed by atoms with van der Waals surface area (Å²) in [6.45, 7) is 3.25. The minimum Gasteiger partial charge on any atom is -0.489 e. The monoisotopic (exact) mass is 293 g/mol. The Bertz CT molecular complexity index is 436. The van der Waals surface area contributed by atoms with Gasteiger partial charge in [0, 0.05) is 20.3 Å². The summed E-state index contributed by atoms with van der Waals surface area (Å²) in [6, 6.07) is 6.75. The largest absolute Gasteiger partial charge is 0.489 e. The van der Waals surface area contributed by atoms with Crippen molar-refractivity contribution in [1.82, 2.24) is 0 Å². The van der Waals surface area contributed by atoms with Crippen molar-refractivity contribution in [3.05, 3.63) is 23.8 Å². The molecule has 1 N–H and O–H groups in total. The summed E-state index contributed by atoms with van der Waals surface area (Å²) in [6.07, 6.45) is 4.99. The molecule has 0 saturated heterocycles. The van der Waals surface area contributed by atoms with Crippen molar-refractivity contribution in [3.63, 3.8) is 0 Å². The lowest BCUT2D eigenvalue weighted by atomic mass is 9.92. The average molecular weight is 293 g/mol. The van der Waals surface area contributed by atoms with Gasteiger partial charge >= 0.3 is 0 Å². The Hall–Kier alpha value is -1.26. The molecule has 4 heteroatoms. The van der Waals surface area contributed by atoms with Gasteiger partial charge in [-0.3, -0.25) is 0 Å². The van der Waals surface area contributed by atoms with Crippen LogP contribution < -0.4 is 10.1 Å². The molecule has 2 unspecified atom stereocenters. The van der Waals surface area contributed by atoms with E-state index in [9.17, 15) is 0 Å². The maximum absolute atomic E-state index is 5.83. The fourth-order valence-electron chi connectivity index (χ4n) is 2.81. The number of hydrogen-bond donors (Lipinski definition) is 1. The summed E-state index contributed by atoms with van der Waals surface area (Å²) in [5.74, 6) is 0.909. The highest BCUT2D eigenvalue weighted by Crippen LogP contribution is 2.30. The fourth-order valence-corrected chi connectivity index (χ4v) is 2.81. The van der Waals surface area contributed by atoms with Gasteiger partial charge in [0.05, 0.1) is 18.4 Å². The van der Waals surface area contributed by atoms with E-state index in [2.05, 4.69) is 30.4 Å². The molecule has 1 aromatic carbocycles. The molecule has 1 aliphatic rings. The van der Waals surface area contributed by atoms with E-state index in [1.54, 1.807) is 14.2 Å². The summed E-state index contributed by atoms with van der Waals surface area (Å²) in [5.41, 5.74) is 2.27. The molecular weight excluding hydrogens is 266 g/mol. The van der Waals surface area contributed by atoms with E-state index in [1.165, 1.54) is 24.8 Å². The predicted molar refractivity (Wildman–Crippen MR) is 85.2 cm³/mol. The van der Waals surface area contributed by atoms with Crippen molar-refractivity contribution in [1.29, 1.82) is 0 Å². The second-order valence-corrected chi connectivity index (χ2v) is 5.71. The van der Waals surface area contributed by atoms with Gasteiger partial charge in [-0.1, -0.05) is 6.07 Å². The van der Waals surface area contributed by atoms with Crippen LogP contribution in [0.1, 0.15) is 31.2 Å². The maximum Gasteiger partial charge on any atom is 0.142 e. The lowest BCUT2D eigenvalue weighted by molar-refractivity contribution is 0.0669. The number of hydrogen-bond acceptors (Lipinski definition) is 4. The summed E-state index contributed by atoms with van der Waals surface area (Å²) in [7, 11) is 3.49. The Morgan fingerprint density at radius 2 is 2.05 bits per heavy atom. The molecule has 4 nitrogen and oxygen atoms in total. The third kappa shape index (κ3) is 4.90. The Labute approximate surface area is 127 Å². The zero-order valence-corrected chi connectivity index (χ0v) is 13.4. The Morgan fingerprint density at radius 3 is 2.81 bits per heavy atom. The van der Waals surface area contributed by atoms with E-state index in [1.807, 2.05) is 0 Å². The second kappa shape index (κ2) is 8.25. The molecule has 21 heavy (non-hydrogen) atoms. The van der Waals surface area contributed by atoms with Crippen LogP contribution in [0.2, 0.25) is 0 Å². The number of benzene rings is 1. The van der Waals surface area contributed by atoms with Crippen molar-refractivity contribution in [2.75, 3.05) is 32.8 Å². The SMILES string of the molecule is COCCOc1cc(C)ccc1NC1CCCC(OC)C1. The number of ether oxygens (including phenoxy) is 3. The van der Waals surface area contributed by atoms with Gasteiger partial charge in [0.25, 0.3) is 0 Å². The van der Waals surface area contributed by atoms with Crippen LogP contribution in [-0.4, -0.2) is 39.6 Å². The summed E-state index contributed by atoms with van der Waals surface area (Å²) in [5, 5.41) is 3.62. The Balaban J connectivity index is 2.00. The van der Waals surface area contributed by atoms with E-state index in [0.29, 0.717) is 25.4 Å². The van der Waals surface area contributed by atoms with Gasteiger partial charge in [-0.2, -0.15) is 0 Å². The van der Waals surface area contributed by atoms with Gasteiger partial charge in [-0.15, -0.1) is 0 Å². The molecule has 1 fully saturated rings. The zero-order chi connectivity index (χ0) is 15.1. The number of anilines is 1. The van der Waals surface area contributed by atoms with E-state index < -0.39 is 0 Å². The van der Waals surface area contributed by atoms with Crippen LogP contribution >= 0.6 is 0 Å². The molecule has 0 radical (unpaired) electrons. The van der Waals surface area contributed by atoms with Crippen LogP contribution in [0.15, 0.2) is 18.2 Å². The highest BCUT2D eigenvalue weighted by atomic mass is 16.5. The van der Waals surface area contributed by atoms with Crippen molar-refractivity contribution in [3.8, 4) is 5.75 Å².